The van der Waals surface area contributed by atoms with E-state index in [-0.39, 0.29) is 11.9 Å². The van der Waals surface area contributed by atoms with Gasteiger partial charge in [0.05, 0.1) is 0 Å². The first-order valence-electron chi connectivity index (χ1n) is 9.66. The highest BCUT2D eigenvalue weighted by Crippen LogP contribution is 2.18. The van der Waals surface area contributed by atoms with Crippen molar-refractivity contribution in [3.8, 4) is 0 Å². The average Bonchev–Trinajstić information content (AvgIpc) is 3.46. The number of hydrogen-bond donors (Lipinski definition) is 3. The summed E-state index contributed by atoms with van der Waals surface area (Å²) in [5.74, 6) is 0.245. The summed E-state index contributed by atoms with van der Waals surface area (Å²) in [5.41, 5.74) is 1.44. The summed E-state index contributed by atoms with van der Waals surface area (Å²) in [5, 5.41) is 5.86. The molecule has 1 heterocycles. The van der Waals surface area contributed by atoms with E-state index in [0.717, 1.165) is 45.6 Å². The molecule has 2 fully saturated rings. The molecule has 1 aliphatic carbocycles. The Hall–Kier alpha value is -1.91. The molecular formula is C21H29N3O+2. The zero-order valence-corrected chi connectivity index (χ0v) is 15.1. The van der Waals surface area contributed by atoms with E-state index < -0.39 is 0 Å². The quantitative estimate of drug-likeness (QED) is 0.693. The Kier molecular flexibility index (Phi) is 4.73. The van der Waals surface area contributed by atoms with E-state index in [0.29, 0.717) is 6.04 Å². The second-order valence-electron chi connectivity index (χ2n) is 7.73. The third kappa shape index (κ3) is 3.86. The van der Waals surface area contributed by atoms with Crippen molar-refractivity contribution in [2.24, 2.45) is 0 Å². The fraction of sp³-hybridized carbons (Fsp3) is 0.476. The second-order valence-corrected chi connectivity index (χ2v) is 7.73. The molecule has 2 aromatic carbocycles. The lowest BCUT2D eigenvalue weighted by atomic mass is 10.0. The normalized spacial score (nSPS) is 24.8. The van der Waals surface area contributed by atoms with E-state index in [9.17, 15) is 4.79 Å². The van der Waals surface area contributed by atoms with Gasteiger partial charge in [-0.25, -0.2) is 0 Å². The Balaban J connectivity index is 1.34. The molecule has 2 aromatic rings. The van der Waals surface area contributed by atoms with Gasteiger partial charge in [0, 0.05) is 11.6 Å². The van der Waals surface area contributed by atoms with Gasteiger partial charge in [0.15, 0.2) is 6.04 Å². The molecule has 0 spiro atoms. The largest absolute Gasteiger partial charge is 0.348 e. The lowest BCUT2D eigenvalue weighted by Crippen LogP contribution is -3.29. The van der Waals surface area contributed by atoms with Crippen LogP contribution in [0, 0.1) is 0 Å². The number of hydrogen-bond acceptors (Lipinski definition) is 1. The molecule has 0 unspecified atom stereocenters. The van der Waals surface area contributed by atoms with Crippen molar-refractivity contribution in [2.45, 2.75) is 38.4 Å². The van der Waals surface area contributed by atoms with Crippen LogP contribution >= 0.6 is 0 Å². The zero-order chi connectivity index (χ0) is 17.2. The molecule has 1 saturated carbocycles. The highest BCUT2D eigenvalue weighted by molar-refractivity contribution is 5.85. The molecular weight excluding hydrogens is 310 g/mol. The molecule has 1 atom stereocenters. The smallest absolute Gasteiger partial charge is 0.278 e. The van der Waals surface area contributed by atoms with Crippen LogP contribution in [0.5, 0.6) is 0 Å². The molecule has 0 bridgehead atoms. The number of nitrogens with one attached hydrogen (secondary N) is 3. The van der Waals surface area contributed by atoms with Gasteiger partial charge in [0.1, 0.15) is 32.7 Å². The van der Waals surface area contributed by atoms with Crippen LogP contribution in [0.15, 0.2) is 42.5 Å². The third-order valence-electron chi connectivity index (χ3n) is 5.85. The number of benzene rings is 2. The molecule has 0 aromatic heterocycles. The van der Waals surface area contributed by atoms with Gasteiger partial charge >= 0.3 is 0 Å². The van der Waals surface area contributed by atoms with E-state index in [1.54, 1.807) is 4.90 Å². The summed E-state index contributed by atoms with van der Waals surface area (Å²) >= 11 is 0. The van der Waals surface area contributed by atoms with Crippen LogP contribution in [0.1, 0.15) is 25.3 Å². The molecule has 3 N–H and O–H groups in total. The fourth-order valence-electron chi connectivity index (χ4n) is 3.99. The average molecular weight is 339 g/mol. The van der Waals surface area contributed by atoms with Gasteiger partial charge in [-0.1, -0.05) is 42.5 Å². The zero-order valence-electron chi connectivity index (χ0n) is 15.1. The fourth-order valence-corrected chi connectivity index (χ4v) is 3.99. The van der Waals surface area contributed by atoms with Crippen molar-refractivity contribution < 1.29 is 14.6 Å². The Morgan fingerprint density at radius 1 is 1.08 bits per heavy atom. The summed E-state index contributed by atoms with van der Waals surface area (Å²) in [6.07, 6.45) is 2.33. The topological polar surface area (TPSA) is 38.0 Å². The number of rotatable bonds is 5. The number of amides is 1. The molecule has 4 heteroatoms. The lowest BCUT2D eigenvalue weighted by Gasteiger charge is -2.32. The van der Waals surface area contributed by atoms with Crippen LogP contribution in [-0.2, 0) is 11.3 Å². The summed E-state index contributed by atoms with van der Waals surface area (Å²) in [6.45, 7) is 7.61. The molecule has 1 amide bonds. The minimum absolute atomic E-state index is 0.0831. The SMILES string of the molecule is C[C@H](C(=O)NC1CC1)[NH+]1CC[NH+](Cc2cccc3ccccc23)CC1. The highest BCUT2D eigenvalue weighted by Gasteiger charge is 2.33. The van der Waals surface area contributed by atoms with Crippen molar-refractivity contribution >= 4 is 16.7 Å². The van der Waals surface area contributed by atoms with Crippen LogP contribution in [0.2, 0.25) is 0 Å². The first-order valence-corrected chi connectivity index (χ1v) is 9.66. The standard InChI is InChI=1S/C21H27N3O/c1-16(21(25)22-19-9-10-19)24-13-11-23(12-14-24)15-18-7-4-6-17-5-2-3-8-20(17)18/h2-8,16,19H,9-15H2,1H3,(H,22,25)/p+2/t16-/m1/s1. The van der Waals surface area contributed by atoms with E-state index in [1.165, 1.54) is 21.2 Å². The maximum absolute atomic E-state index is 12.3. The molecule has 1 aliphatic heterocycles. The molecule has 2 aliphatic rings. The molecule has 25 heavy (non-hydrogen) atoms. The number of carbonyl (C=O) groups excluding carboxylic acids is 1. The van der Waals surface area contributed by atoms with Crippen molar-refractivity contribution in [1.29, 1.82) is 0 Å². The predicted octanol–water partition coefficient (Wildman–Crippen LogP) is -0.210. The van der Waals surface area contributed by atoms with Gasteiger partial charge < -0.3 is 15.1 Å². The summed E-state index contributed by atoms with van der Waals surface area (Å²) < 4.78 is 0. The number of carbonyl (C=O) groups is 1. The van der Waals surface area contributed by atoms with Gasteiger partial charge in [-0.2, -0.15) is 0 Å². The third-order valence-corrected chi connectivity index (χ3v) is 5.85. The Bertz CT molecular complexity index is 742. The molecule has 0 radical (unpaired) electrons. The lowest BCUT2D eigenvalue weighted by molar-refractivity contribution is -1.02. The van der Waals surface area contributed by atoms with Crippen LogP contribution in [0.25, 0.3) is 10.8 Å². The summed E-state index contributed by atoms with van der Waals surface area (Å²) in [6, 6.07) is 15.8. The first kappa shape index (κ1) is 16.6. The number of piperazine rings is 1. The van der Waals surface area contributed by atoms with Crippen LogP contribution in [0.3, 0.4) is 0 Å². The monoisotopic (exact) mass is 339 g/mol. The van der Waals surface area contributed by atoms with Gasteiger partial charge in [0.2, 0.25) is 0 Å². The van der Waals surface area contributed by atoms with E-state index in [4.69, 9.17) is 0 Å². The van der Waals surface area contributed by atoms with E-state index in [2.05, 4.69) is 54.7 Å². The summed E-state index contributed by atoms with van der Waals surface area (Å²) in [7, 11) is 0. The Morgan fingerprint density at radius 2 is 1.80 bits per heavy atom. The van der Waals surface area contributed by atoms with Crippen LogP contribution in [0.4, 0.5) is 0 Å². The minimum Gasteiger partial charge on any atom is -0.348 e. The van der Waals surface area contributed by atoms with Crippen molar-refractivity contribution in [1.82, 2.24) is 5.32 Å². The maximum Gasteiger partial charge on any atom is 0.278 e. The molecule has 4 rings (SSSR count). The van der Waals surface area contributed by atoms with Crippen LogP contribution < -0.4 is 15.1 Å². The predicted molar refractivity (Wildman–Crippen MR) is 99.7 cm³/mol. The Labute approximate surface area is 149 Å². The maximum atomic E-state index is 12.3. The van der Waals surface area contributed by atoms with Crippen molar-refractivity contribution in [3.05, 3.63) is 48.0 Å². The van der Waals surface area contributed by atoms with Crippen molar-refractivity contribution in [3.63, 3.8) is 0 Å². The van der Waals surface area contributed by atoms with Gasteiger partial charge in [-0.15, -0.1) is 0 Å². The van der Waals surface area contributed by atoms with Crippen LogP contribution in [-0.4, -0.2) is 44.2 Å². The molecule has 1 saturated heterocycles. The first-order chi connectivity index (χ1) is 12.2. The summed E-state index contributed by atoms with van der Waals surface area (Å²) in [4.78, 5) is 15.4. The van der Waals surface area contributed by atoms with E-state index in [1.807, 2.05) is 0 Å². The van der Waals surface area contributed by atoms with Gasteiger partial charge in [0.25, 0.3) is 5.91 Å². The van der Waals surface area contributed by atoms with E-state index >= 15 is 0 Å². The molecule has 132 valence electrons. The van der Waals surface area contributed by atoms with Crippen molar-refractivity contribution in [2.75, 3.05) is 26.2 Å². The highest BCUT2D eigenvalue weighted by atomic mass is 16.2. The minimum atomic E-state index is 0.0831. The van der Waals surface area contributed by atoms with Gasteiger partial charge in [-0.05, 0) is 30.5 Å². The Morgan fingerprint density at radius 3 is 2.56 bits per heavy atom. The van der Waals surface area contributed by atoms with Gasteiger partial charge in [-0.3, -0.25) is 4.79 Å². The second kappa shape index (κ2) is 7.14. The molecule has 4 nitrogen and oxygen atoms in total. The number of quaternary nitrogens is 2. The number of fused-ring (bicyclic) bond motifs is 1.